The minimum Gasteiger partial charge on any atom is -0.478 e. The molecule has 1 heterocycles. The lowest BCUT2D eigenvalue weighted by Crippen LogP contribution is -2.02. The van der Waals surface area contributed by atoms with Gasteiger partial charge in [-0.2, -0.15) is 5.26 Å². The number of benzene rings is 2. The maximum absolute atomic E-state index is 11.6. The fraction of sp³-hybridized carbons (Fsp3) is 0.105. The summed E-state index contributed by atoms with van der Waals surface area (Å²) in [6.07, 6.45) is 1.67. The van der Waals surface area contributed by atoms with Gasteiger partial charge in [-0.1, -0.05) is 24.3 Å². The van der Waals surface area contributed by atoms with Crippen LogP contribution in [0.5, 0.6) is 5.88 Å². The summed E-state index contributed by atoms with van der Waals surface area (Å²) in [5.41, 5.74) is 2.37. The van der Waals surface area contributed by atoms with E-state index in [-0.39, 0.29) is 5.56 Å². The van der Waals surface area contributed by atoms with E-state index in [9.17, 15) is 9.90 Å². The number of carboxylic acids is 1. The molecule has 0 saturated carbocycles. The van der Waals surface area contributed by atoms with Crippen LogP contribution in [0.15, 0.2) is 48.7 Å². The Morgan fingerprint density at radius 2 is 2.00 bits per heavy atom. The molecule has 1 aromatic heterocycles. The van der Waals surface area contributed by atoms with Gasteiger partial charge in [-0.25, -0.2) is 9.78 Å². The van der Waals surface area contributed by atoms with Crippen LogP contribution in [0.25, 0.3) is 21.9 Å². The van der Waals surface area contributed by atoms with Crippen LogP contribution < -0.4 is 4.74 Å². The lowest BCUT2D eigenvalue weighted by molar-refractivity contribution is 0.0698. The predicted molar refractivity (Wildman–Crippen MR) is 90.0 cm³/mol. The van der Waals surface area contributed by atoms with E-state index in [2.05, 4.69) is 11.1 Å². The second kappa shape index (κ2) is 6.39. The van der Waals surface area contributed by atoms with E-state index in [1.165, 1.54) is 6.07 Å². The first kappa shape index (κ1) is 15.5. The van der Waals surface area contributed by atoms with E-state index in [0.717, 1.165) is 16.5 Å². The van der Waals surface area contributed by atoms with Gasteiger partial charge in [0.15, 0.2) is 0 Å². The van der Waals surface area contributed by atoms with Crippen LogP contribution in [0.2, 0.25) is 0 Å². The van der Waals surface area contributed by atoms with E-state index in [1.54, 1.807) is 24.4 Å². The van der Waals surface area contributed by atoms with Crippen LogP contribution in [0, 0.1) is 11.3 Å². The number of nitrogens with zero attached hydrogens (tertiary/aromatic N) is 2. The Kier molecular flexibility index (Phi) is 4.13. The maximum Gasteiger partial charge on any atom is 0.336 e. The first-order valence-corrected chi connectivity index (χ1v) is 7.44. The summed E-state index contributed by atoms with van der Waals surface area (Å²) >= 11 is 0. The normalized spacial score (nSPS) is 10.3. The third kappa shape index (κ3) is 2.66. The molecule has 0 fully saturated rings. The topological polar surface area (TPSA) is 83.2 Å². The fourth-order valence-electron chi connectivity index (χ4n) is 2.64. The molecule has 5 heteroatoms. The Labute approximate surface area is 138 Å². The summed E-state index contributed by atoms with van der Waals surface area (Å²) in [6.45, 7) is 2.22. The van der Waals surface area contributed by atoms with Crippen molar-refractivity contribution >= 4 is 16.7 Å². The number of hydrogen-bond acceptors (Lipinski definition) is 4. The number of aromatic carboxylic acids is 1. The highest BCUT2D eigenvalue weighted by Crippen LogP contribution is 2.35. The number of carbonyl (C=O) groups is 1. The van der Waals surface area contributed by atoms with E-state index in [4.69, 9.17) is 10.00 Å². The van der Waals surface area contributed by atoms with Crippen LogP contribution >= 0.6 is 0 Å². The molecule has 0 aliphatic carbocycles. The molecule has 0 spiro atoms. The Bertz CT molecular complexity index is 957. The lowest BCUT2D eigenvalue weighted by Gasteiger charge is -2.13. The van der Waals surface area contributed by atoms with Gasteiger partial charge in [0.05, 0.1) is 29.2 Å². The van der Waals surface area contributed by atoms with Crippen LogP contribution in [-0.4, -0.2) is 22.7 Å². The van der Waals surface area contributed by atoms with Crippen molar-refractivity contribution in [3.63, 3.8) is 0 Å². The number of rotatable bonds is 4. The molecule has 2 aromatic carbocycles. The zero-order chi connectivity index (χ0) is 17.1. The largest absolute Gasteiger partial charge is 0.478 e. The fourth-order valence-corrected chi connectivity index (χ4v) is 2.64. The van der Waals surface area contributed by atoms with Gasteiger partial charge >= 0.3 is 5.97 Å². The average Bonchev–Trinajstić information content (AvgIpc) is 2.61. The molecule has 3 rings (SSSR count). The molecule has 0 atom stereocenters. The first-order valence-electron chi connectivity index (χ1n) is 7.44. The Hall–Kier alpha value is -3.39. The van der Waals surface area contributed by atoms with E-state index >= 15 is 0 Å². The molecule has 0 radical (unpaired) electrons. The van der Waals surface area contributed by atoms with Crippen molar-refractivity contribution in [2.45, 2.75) is 6.92 Å². The number of carboxylic acid groups (broad SMARTS) is 1. The third-order valence-electron chi connectivity index (χ3n) is 3.72. The highest BCUT2D eigenvalue weighted by atomic mass is 16.5. The molecule has 3 aromatic rings. The van der Waals surface area contributed by atoms with Gasteiger partial charge in [0.2, 0.25) is 5.88 Å². The quantitative estimate of drug-likeness (QED) is 0.789. The lowest BCUT2D eigenvalue weighted by atomic mass is 9.97. The first-order chi connectivity index (χ1) is 11.7. The van der Waals surface area contributed by atoms with Gasteiger partial charge in [0, 0.05) is 11.8 Å². The third-order valence-corrected chi connectivity index (χ3v) is 3.72. The molecule has 0 unspecified atom stereocenters. The van der Waals surface area contributed by atoms with Crippen LogP contribution in [0.4, 0.5) is 0 Å². The van der Waals surface area contributed by atoms with Crippen molar-refractivity contribution in [2.24, 2.45) is 0 Å². The molecule has 0 aliphatic heterocycles. The number of hydrogen-bond donors (Lipinski definition) is 1. The van der Waals surface area contributed by atoms with Gasteiger partial charge in [0.25, 0.3) is 0 Å². The molecule has 118 valence electrons. The van der Waals surface area contributed by atoms with Crippen molar-refractivity contribution in [1.29, 1.82) is 5.26 Å². The highest BCUT2D eigenvalue weighted by molar-refractivity contribution is 6.10. The minimum atomic E-state index is -1.03. The average molecular weight is 318 g/mol. The molecule has 1 N–H and O–H groups in total. The summed E-state index contributed by atoms with van der Waals surface area (Å²) in [4.78, 5) is 15.9. The van der Waals surface area contributed by atoms with Gasteiger partial charge < -0.3 is 9.84 Å². The maximum atomic E-state index is 11.6. The van der Waals surface area contributed by atoms with Crippen LogP contribution in [0.3, 0.4) is 0 Å². The van der Waals surface area contributed by atoms with Crippen LogP contribution in [0.1, 0.15) is 22.8 Å². The molecule has 0 saturated heterocycles. The molecule has 5 nitrogen and oxygen atoms in total. The molecule has 0 aliphatic rings. The highest BCUT2D eigenvalue weighted by Gasteiger charge is 2.17. The summed E-state index contributed by atoms with van der Waals surface area (Å²) < 4.78 is 5.52. The second-order valence-corrected chi connectivity index (χ2v) is 5.13. The van der Waals surface area contributed by atoms with Gasteiger partial charge in [-0.05, 0) is 36.1 Å². The molecular formula is C19H14N2O3. The summed E-state index contributed by atoms with van der Waals surface area (Å²) in [5.74, 6) is -0.719. The van der Waals surface area contributed by atoms with Crippen molar-refractivity contribution in [1.82, 2.24) is 4.98 Å². The number of nitriles is 1. The summed E-state index contributed by atoms with van der Waals surface area (Å²) in [6, 6.07) is 14.3. The zero-order valence-electron chi connectivity index (χ0n) is 13.0. The molecular weight excluding hydrogens is 304 g/mol. The van der Waals surface area contributed by atoms with Gasteiger partial charge in [0.1, 0.15) is 0 Å². The molecule has 0 bridgehead atoms. The number of aromatic nitrogens is 1. The van der Waals surface area contributed by atoms with Gasteiger partial charge in [-0.3, -0.25) is 0 Å². The standard InChI is InChI=1S/C19H14N2O3/c1-2-24-18-17-14(4-3-5-15(17)19(22)23)16(11-21-18)13-8-6-12(10-20)7-9-13/h3-9,11H,2H2,1H3,(H,22,23). The SMILES string of the molecule is CCOc1ncc(-c2ccc(C#N)cc2)c2cccc(C(=O)O)c12. The van der Waals surface area contributed by atoms with Gasteiger partial charge in [-0.15, -0.1) is 0 Å². The number of ether oxygens (including phenoxy) is 1. The monoisotopic (exact) mass is 318 g/mol. The van der Waals surface area contributed by atoms with E-state index in [1.807, 2.05) is 25.1 Å². The molecule has 24 heavy (non-hydrogen) atoms. The van der Waals surface area contributed by atoms with Crippen LogP contribution in [-0.2, 0) is 0 Å². The summed E-state index contributed by atoms with van der Waals surface area (Å²) in [7, 11) is 0. The number of fused-ring (bicyclic) bond motifs is 1. The van der Waals surface area contributed by atoms with E-state index in [0.29, 0.717) is 23.4 Å². The minimum absolute atomic E-state index is 0.152. The zero-order valence-corrected chi connectivity index (χ0v) is 13.0. The van der Waals surface area contributed by atoms with Crippen molar-refractivity contribution in [2.75, 3.05) is 6.61 Å². The molecule has 0 amide bonds. The van der Waals surface area contributed by atoms with E-state index < -0.39 is 5.97 Å². The van der Waals surface area contributed by atoms with Crippen molar-refractivity contribution in [3.8, 4) is 23.1 Å². The summed E-state index contributed by atoms with van der Waals surface area (Å²) in [5, 5.41) is 19.6. The van der Waals surface area contributed by atoms with Crippen molar-refractivity contribution in [3.05, 3.63) is 59.8 Å². The van der Waals surface area contributed by atoms with Crippen molar-refractivity contribution < 1.29 is 14.6 Å². The number of pyridine rings is 1. The second-order valence-electron chi connectivity index (χ2n) is 5.13. The Morgan fingerprint density at radius 1 is 1.25 bits per heavy atom. The Balaban J connectivity index is 2.30. The predicted octanol–water partition coefficient (Wildman–Crippen LogP) is 3.87. The smallest absolute Gasteiger partial charge is 0.336 e. The Morgan fingerprint density at radius 3 is 2.62 bits per heavy atom.